The minimum atomic E-state index is -0.263. The summed E-state index contributed by atoms with van der Waals surface area (Å²) in [5.41, 5.74) is 6.25. The second-order valence-corrected chi connectivity index (χ2v) is 4.70. The maximum absolute atomic E-state index is 12.9. The zero-order valence-electron chi connectivity index (χ0n) is 8.27. The van der Waals surface area contributed by atoms with E-state index in [2.05, 4.69) is 21.2 Å². The van der Waals surface area contributed by atoms with Gasteiger partial charge in [0, 0.05) is 17.8 Å². The summed E-state index contributed by atoms with van der Waals surface area (Å²) >= 11 is 3.13. The minimum absolute atomic E-state index is 0.183. The first-order valence-corrected chi connectivity index (χ1v) is 5.17. The maximum atomic E-state index is 12.9. The molecule has 0 amide bonds. The number of nitrogens with two attached hydrogens (primary N) is 1. The summed E-state index contributed by atoms with van der Waals surface area (Å²) < 4.78 is 13.4. The molecule has 0 atom stereocenters. The van der Waals surface area contributed by atoms with E-state index in [1.807, 2.05) is 13.8 Å². The van der Waals surface area contributed by atoms with Gasteiger partial charge >= 0.3 is 0 Å². The Hall–Kier alpha value is -0.610. The van der Waals surface area contributed by atoms with Crippen molar-refractivity contribution in [2.45, 2.75) is 19.4 Å². The topological polar surface area (TPSA) is 38.0 Å². The van der Waals surface area contributed by atoms with E-state index in [0.29, 0.717) is 11.0 Å². The molecule has 14 heavy (non-hydrogen) atoms. The fraction of sp³-hybridized carbons (Fsp3) is 0.400. The lowest BCUT2D eigenvalue weighted by atomic mass is 10.1. The van der Waals surface area contributed by atoms with Gasteiger partial charge in [-0.25, -0.2) is 4.39 Å². The van der Waals surface area contributed by atoms with Gasteiger partial charge in [-0.15, -0.1) is 0 Å². The monoisotopic (exact) mass is 260 g/mol. The lowest BCUT2D eigenvalue weighted by molar-refractivity contribution is 0.579. The number of anilines is 1. The maximum Gasteiger partial charge on any atom is 0.137 e. The molecule has 4 heteroatoms. The normalized spacial score (nSPS) is 11.5. The number of benzene rings is 1. The Labute approximate surface area is 91.8 Å². The molecule has 3 N–H and O–H groups in total. The number of hydrogen-bond acceptors (Lipinski definition) is 2. The van der Waals surface area contributed by atoms with Crippen molar-refractivity contribution in [3.63, 3.8) is 0 Å². The summed E-state index contributed by atoms with van der Waals surface area (Å²) in [6, 6.07) is 4.81. The van der Waals surface area contributed by atoms with Gasteiger partial charge < -0.3 is 11.1 Å². The van der Waals surface area contributed by atoms with E-state index in [1.165, 1.54) is 6.07 Å². The Balaban J connectivity index is 2.83. The molecule has 1 rings (SSSR count). The van der Waals surface area contributed by atoms with Crippen LogP contribution in [0.3, 0.4) is 0 Å². The van der Waals surface area contributed by atoms with Gasteiger partial charge in [0.2, 0.25) is 0 Å². The Kier molecular flexibility index (Phi) is 3.50. The van der Waals surface area contributed by atoms with Gasteiger partial charge in [-0.05, 0) is 48.0 Å². The summed E-state index contributed by atoms with van der Waals surface area (Å²) in [5, 5.41) is 3.21. The lowest BCUT2D eigenvalue weighted by Crippen LogP contribution is -2.39. The van der Waals surface area contributed by atoms with Crippen LogP contribution < -0.4 is 11.1 Å². The average molecular weight is 261 g/mol. The van der Waals surface area contributed by atoms with Crippen LogP contribution in [0.1, 0.15) is 13.8 Å². The summed E-state index contributed by atoms with van der Waals surface area (Å²) in [4.78, 5) is 0. The Morgan fingerprint density at radius 3 is 2.64 bits per heavy atom. The molecule has 78 valence electrons. The van der Waals surface area contributed by atoms with Crippen LogP contribution in [0.2, 0.25) is 0 Å². The average Bonchev–Trinajstić information content (AvgIpc) is 2.11. The van der Waals surface area contributed by atoms with Crippen LogP contribution in [0, 0.1) is 5.82 Å². The predicted molar refractivity (Wildman–Crippen MR) is 60.9 cm³/mol. The van der Waals surface area contributed by atoms with Crippen molar-refractivity contribution in [3.05, 3.63) is 28.5 Å². The molecule has 0 bridgehead atoms. The van der Waals surface area contributed by atoms with Gasteiger partial charge in [0.05, 0.1) is 4.47 Å². The summed E-state index contributed by atoms with van der Waals surface area (Å²) in [6.07, 6.45) is 0. The molecule has 0 unspecified atom stereocenters. The van der Waals surface area contributed by atoms with Crippen LogP contribution in [0.15, 0.2) is 22.7 Å². The summed E-state index contributed by atoms with van der Waals surface area (Å²) in [6.45, 7) is 4.50. The second-order valence-electron chi connectivity index (χ2n) is 3.84. The zero-order valence-corrected chi connectivity index (χ0v) is 9.86. The quantitative estimate of drug-likeness (QED) is 0.877. The van der Waals surface area contributed by atoms with Gasteiger partial charge in [-0.3, -0.25) is 0 Å². The summed E-state index contributed by atoms with van der Waals surface area (Å²) in [7, 11) is 0. The van der Waals surface area contributed by atoms with Crippen molar-refractivity contribution in [1.29, 1.82) is 0 Å². The van der Waals surface area contributed by atoms with Crippen molar-refractivity contribution in [2.24, 2.45) is 5.73 Å². The molecule has 0 heterocycles. The molecular weight excluding hydrogens is 247 g/mol. The first-order chi connectivity index (χ1) is 6.44. The number of hydrogen-bond donors (Lipinski definition) is 2. The standard InChI is InChI=1S/C10H14BrFN2/c1-10(2,6-13)14-7-3-4-9(12)8(11)5-7/h3-5,14H,6,13H2,1-2H3. The van der Waals surface area contributed by atoms with Crippen molar-refractivity contribution < 1.29 is 4.39 Å². The summed E-state index contributed by atoms with van der Waals surface area (Å²) in [5.74, 6) is -0.263. The van der Waals surface area contributed by atoms with Gasteiger partial charge in [0.1, 0.15) is 5.82 Å². The van der Waals surface area contributed by atoms with Gasteiger partial charge in [0.15, 0.2) is 0 Å². The van der Waals surface area contributed by atoms with Crippen molar-refractivity contribution in [1.82, 2.24) is 0 Å². The molecule has 0 aliphatic carbocycles. The highest BCUT2D eigenvalue weighted by Crippen LogP contribution is 2.22. The highest BCUT2D eigenvalue weighted by atomic mass is 79.9. The molecule has 0 spiro atoms. The Morgan fingerprint density at radius 2 is 2.14 bits per heavy atom. The van der Waals surface area contributed by atoms with Gasteiger partial charge in [0.25, 0.3) is 0 Å². The van der Waals surface area contributed by atoms with E-state index >= 15 is 0 Å². The van der Waals surface area contributed by atoms with Crippen molar-refractivity contribution in [2.75, 3.05) is 11.9 Å². The molecule has 0 aliphatic heterocycles. The molecule has 2 nitrogen and oxygen atoms in total. The first kappa shape index (κ1) is 11.5. The Bertz CT molecular complexity index is 326. The van der Waals surface area contributed by atoms with Crippen LogP contribution >= 0.6 is 15.9 Å². The highest BCUT2D eigenvalue weighted by molar-refractivity contribution is 9.10. The number of nitrogens with one attached hydrogen (secondary N) is 1. The molecule has 1 aromatic carbocycles. The molecule has 0 aromatic heterocycles. The molecule has 0 radical (unpaired) electrons. The molecule has 1 aromatic rings. The molecular formula is C10H14BrFN2. The first-order valence-electron chi connectivity index (χ1n) is 4.38. The van der Waals surface area contributed by atoms with E-state index < -0.39 is 0 Å². The van der Waals surface area contributed by atoms with E-state index in [4.69, 9.17) is 5.73 Å². The van der Waals surface area contributed by atoms with Gasteiger partial charge in [-0.1, -0.05) is 0 Å². The van der Waals surface area contributed by atoms with E-state index in [0.717, 1.165) is 5.69 Å². The lowest BCUT2D eigenvalue weighted by Gasteiger charge is -2.25. The third-order valence-electron chi connectivity index (χ3n) is 1.91. The van der Waals surface area contributed by atoms with Crippen molar-refractivity contribution in [3.8, 4) is 0 Å². The Morgan fingerprint density at radius 1 is 1.50 bits per heavy atom. The third-order valence-corrected chi connectivity index (χ3v) is 2.52. The SMILES string of the molecule is CC(C)(CN)Nc1ccc(F)c(Br)c1. The van der Waals surface area contributed by atoms with Gasteiger partial charge in [-0.2, -0.15) is 0 Å². The highest BCUT2D eigenvalue weighted by Gasteiger charge is 2.14. The fourth-order valence-electron chi connectivity index (χ4n) is 1.02. The second kappa shape index (κ2) is 4.28. The third kappa shape index (κ3) is 2.96. The van der Waals surface area contributed by atoms with Crippen LogP contribution in [-0.4, -0.2) is 12.1 Å². The molecule has 0 saturated carbocycles. The van der Waals surface area contributed by atoms with Crippen LogP contribution in [0.4, 0.5) is 10.1 Å². The zero-order chi connectivity index (χ0) is 10.8. The fourth-order valence-corrected chi connectivity index (χ4v) is 1.39. The van der Waals surface area contributed by atoms with E-state index in [1.54, 1.807) is 12.1 Å². The van der Waals surface area contributed by atoms with Crippen molar-refractivity contribution >= 4 is 21.6 Å². The van der Waals surface area contributed by atoms with Crippen LogP contribution in [0.5, 0.6) is 0 Å². The minimum Gasteiger partial charge on any atom is -0.379 e. The number of halogens is 2. The molecule has 0 saturated heterocycles. The molecule has 0 fully saturated rings. The van der Waals surface area contributed by atoms with E-state index in [-0.39, 0.29) is 11.4 Å². The van der Waals surface area contributed by atoms with E-state index in [9.17, 15) is 4.39 Å². The molecule has 0 aliphatic rings. The van der Waals surface area contributed by atoms with Crippen LogP contribution in [-0.2, 0) is 0 Å². The van der Waals surface area contributed by atoms with Crippen LogP contribution in [0.25, 0.3) is 0 Å². The number of rotatable bonds is 3. The predicted octanol–water partition coefficient (Wildman–Crippen LogP) is 2.74. The smallest absolute Gasteiger partial charge is 0.137 e. The largest absolute Gasteiger partial charge is 0.379 e.